The standard InChI is InChI=1S/C25H21F2N7O2/c26-15-3-1-5-17(11-15)36-18-6-7-19(20(27)12-18)23-22-24(29)30-14-31-25(22)34(32-23)13-16-4-2-10-33(16)21(35)8-9-28/h1,3,5-7,11-12,14,16H,2,4,8,10,13H2,(H2,29,30,31). The van der Waals surface area contributed by atoms with E-state index < -0.39 is 11.6 Å². The fourth-order valence-corrected chi connectivity index (χ4v) is 4.49. The van der Waals surface area contributed by atoms with Crippen molar-refractivity contribution in [2.24, 2.45) is 0 Å². The van der Waals surface area contributed by atoms with E-state index in [1.165, 1.54) is 36.7 Å². The SMILES string of the molecule is N#CCC(=O)N1CCCC1Cn1nc(-c2ccc(Oc3cccc(F)c3)cc2F)c2c(N)ncnc21. The lowest BCUT2D eigenvalue weighted by Gasteiger charge is -2.23. The Morgan fingerprint density at radius 1 is 1.19 bits per heavy atom. The van der Waals surface area contributed by atoms with Crippen molar-refractivity contribution in [3.05, 3.63) is 60.4 Å². The van der Waals surface area contributed by atoms with Gasteiger partial charge in [0.1, 0.15) is 47.4 Å². The highest BCUT2D eigenvalue weighted by Gasteiger charge is 2.30. The third-order valence-corrected chi connectivity index (χ3v) is 6.10. The summed E-state index contributed by atoms with van der Waals surface area (Å²) in [6, 6.07) is 11.5. The zero-order chi connectivity index (χ0) is 25.2. The topological polar surface area (TPSA) is 123 Å². The molecule has 5 rings (SSSR count). The molecule has 0 saturated carbocycles. The predicted molar refractivity (Wildman–Crippen MR) is 127 cm³/mol. The van der Waals surface area contributed by atoms with Crippen molar-refractivity contribution in [1.29, 1.82) is 5.26 Å². The first-order valence-corrected chi connectivity index (χ1v) is 11.3. The van der Waals surface area contributed by atoms with Gasteiger partial charge in [0.2, 0.25) is 5.91 Å². The van der Waals surface area contributed by atoms with E-state index in [0.29, 0.717) is 24.1 Å². The molecule has 2 aromatic carbocycles. The van der Waals surface area contributed by atoms with Gasteiger partial charge in [0.05, 0.1) is 24.0 Å². The zero-order valence-corrected chi connectivity index (χ0v) is 19.1. The third kappa shape index (κ3) is 4.40. The molecular weight excluding hydrogens is 468 g/mol. The van der Waals surface area contributed by atoms with Crippen LogP contribution < -0.4 is 10.5 Å². The van der Waals surface area contributed by atoms with Gasteiger partial charge in [-0.2, -0.15) is 10.4 Å². The summed E-state index contributed by atoms with van der Waals surface area (Å²) in [5.41, 5.74) is 6.97. The van der Waals surface area contributed by atoms with Crippen LogP contribution in [0.25, 0.3) is 22.3 Å². The molecule has 2 aromatic heterocycles. The number of hydrogen-bond acceptors (Lipinski definition) is 7. The minimum absolute atomic E-state index is 0.143. The second kappa shape index (κ2) is 9.58. The monoisotopic (exact) mass is 489 g/mol. The lowest BCUT2D eigenvalue weighted by Crippen LogP contribution is -2.38. The normalized spacial score (nSPS) is 15.2. The van der Waals surface area contributed by atoms with E-state index in [-0.39, 0.29) is 46.9 Å². The van der Waals surface area contributed by atoms with Crippen LogP contribution in [0, 0.1) is 23.0 Å². The lowest BCUT2D eigenvalue weighted by molar-refractivity contribution is -0.131. The Labute approximate surface area is 204 Å². The van der Waals surface area contributed by atoms with Crippen molar-refractivity contribution in [3.8, 4) is 28.8 Å². The van der Waals surface area contributed by atoms with Gasteiger partial charge in [0.25, 0.3) is 0 Å². The van der Waals surface area contributed by atoms with Gasteiger partial charge in [0, 0.05) is 24.2 Å². The largest absolute Gasteiger partial charge is 0.457 e. The van der Waals surface area contributed by atoms with Crippen LogP contribution in [0.3, 0.4) is 0 Å². The third-order valence-electron chi connectivity index (χ3n) is 6.10. The van der Waals surface area contributed by atoms with Crippen LogP contribution in [0.15, 0.2) is 48.8 Å². The number of nitrogen functional groups attached to an aromatic ring is 1. The number of halogens is 2. The van der Waals surface area contributed by atoms with Crippen molar-refractivity contribution < 1.29 is 18.3 Å². The van der Waals surface area contributed by atoms with E-state index in [9.17, 15) is 9.18 Å². The van der Waals surface area contributed by atoms with E-state index in [0.717, 1.165) is 12.8 Å². The quantitative estimate of drug-likeness (QED) is 0.433. The molecule has 0 spiro atoms. The minimum atomic E-state index is -0.620. The number of hydrogen-bond donors (Lipinski definition) is 1. The van der Waals surface area contributed by atoms with Crippen molar-refractivity contribution in [3.63, 3.8) is 0 Å². The molecular formula is C25H21F2N7O2. The van der Waals surface area contributed by atoms with Crippen LogP contribution in [0.1, 0.15) is 19.3 Å². The fourth-order valence-electron chi connectivity index (χ4n) is 4.49. The molecule has 11 heteroatoms. The van der Waals surface area contributed by atoms with Gasteiger partial charge < -0.3 is 15.4 Å². The Morgan fingerprint density at radius 3 is 2.81 bits per heavy atom. The summed E-state index contributed by atoms with van der Waals surface area (Å²) < 4.78 is 35.9. The molecule has 4 aromatic rings. The van der Waals surface area contributed by atoms with E-state index in [1.54, 1.807) is 21.7 Å². The maximum absolute atomic E-state index is 15.3. The Kier molecular flexibility index (Phi) is 6.16. The van der Waals surface area contributed by atoms with E-state index in [1.807, 2.05) is 6.07 Å². The number of rotatable bonds is 6. The van der Waals surface area contributed by atoms with Crippen LogP contribution in [0.2, 0.25) is 0 Å². The first-order chi connectivity index (χ1) is 17.4. The number of benzene rings is 2. The zero-order valence-electron chi connectivity index (χ0n) is 19.1. The number of carbonyl (C=O) groups excluding carboxylic acids is 1. The molecule has 0 radical (unpaired) electrons. The lowest BCUT2D eigenvalue weighted by atomic mass is 10.1. The molecule has 182 valence electrons. The summed E-state index contributed by atoms with van der Waals surface area (Å²) in [5.74, 6) is -0.748. The molecule has 1 saturated heterocycles. The van der Waals surface area contributed by atoms with Crippen LogP contribution >= 0.6 is 0 Å². The molecule has 1 amide bonds. The number of nitriles is 1. The van der Waals surface area contributed by atoms with Crippen molar-refractivity contribution in [1.82, 2.24) is 24.6 Å². The molecule has 36 heavy (non-hydrogen) atoms. The average molecular weight is 489 g/mol. The molecule has 9 nitrogen and oxygen atoms in total. The number of nitrogens with zero attached hydrogens (tertiary/aromatic N) is 6. The van der Waals surface area contributed by atoms with E-state index in [2.05, 4.69) is 15.1 Å². The Morgan fingerprint density at radius 2 is 2.03 bits per heavy atom. The summed E-state index contributed by atoms with van der Waals surface area (Å²) in [6.45, 7) is 0.877. The van der Waals surface area contributed by atoms with E-state index in [4.69, 9.17) is 15.7 Å². The molecule has 1 unspecified atom stereocenters. The summed E-state index contributed by atoms with van der Waals surface area (Å²) in [6.07, 6.45) is 2.67. The van der Waals surface area contributed by atoms with Crippen LogP contribution in [-0.2, 0) is 11.3 Å². The van der Waals surface area contributed by atoms with Crippen molar-refractivity contribution in [2.45, 2.75) is 31.8 Å². The van der Waals surface area contributed by atoms with Crippen LogP contribution in [0.5, 0.6) is 11.5 Å². The van der Waals surface area contributed by atoms with Gasteiger partial charge >= 0.3 is 0 Å². The number of nitrogens with two attached hydrogens (primary N) is 1. The van der Waals surface area contributed by atoms with Gasteiger partial charge in [-0.3, -0.25) is 4.79 Å². The average Bonchev–Trinajstić information content (AvgIpc) is 3.45. The van der Waals surface area contributed by atoms with Gasteiger partial charge in [-0.1, -0.05) is 6.07 Å². The highest BCUT2D eigenvalue weighted by atomic mass is 19.1. The summed E-state index contributed by atoms with van der Waals surface area (Å²) in [5, 5.41) is 13.9. The van der Waals surface area contributed by atoms with E-state index >= 15 is 4.39 Å². The molecule has 1 fully saturated rings. The second-order valence-electron chi connectivity index (χ2n) is 8.41. The minimum Gasteiger partial charge on any atom is -0.457 e. The highest BCUT2D eigenvalue weighted by Crippen LogP contribution is 2.34. The number of carbonyl (C=O) groups is 1. The summed E-state index contributed by atoms with van der Waals surface area (Å²) >= 11 is 0. The van der Waals surface area contributed by atoms with Gasteiger partial charge in [-0.15, -0.1) is 0 Å². The summed E-state index contributed by atoms with van der Waals surface area (Å²) in [4.78, 5) is 22.4. The maximum Gasteiger partial charge on any atom is 0.237 e. The Balaban J connectivity index is 1.49. The Hall–Kier alpha value is -4.59. The molecule has 1 aliphatic heterocycles. The molecule has 1 aliphatic rings. The molecule has 0 aliphatic carbocycles. The fraction of sp³-hybridized carbons (Fsp3) is 0.240. The number of aromatic nitrogens is 4. The van der Waals surface area contributed by atoms with Crippen LogP contribution in [-0.4, -0.2) is 43.1 Å². The van der Waals surface area contributed by atoms with Crippen molar-refractivity contribution in [2.75, 3.05) is 12.3 Å². The van der Waals surface area contributed by atoms with Crippen molar-refractivity contribution >= 4 is 22.8 Å². The first kappa shape index (κ1) is 23.2. The Bertz CT molecular complexity index is 1500. The molecule has 3 heterocycles. The first-order valence-electron chi connectivity index (χ1n) is 11.3. The maximum atomic E-state index is 15.3. The number of amides is 1. The molecule has 1 atom stereocenters. The smallest absolute Gasteiger partial charge is 0.237 e. The predicted octanol–water partition coefficient (Wildman–Crippen LogP) is 4.05. The summed E-state index contributed by atoms with van der Waals surface area (Å²) in [7, 11) is 0. The number of ether oxygens (including phenoxy) is 1. The van der Waals surface area contributed by atoms with Gasteiger partial charge in [0.15, 0.2) is 5.65 Å². The highest BCUT2D eigenvalue weighted by molar-refractivity contribution is 5.98. The number of likely N-dealkylation sites (tertiary alicyclic amines) is 1. The second-order valence-corrected chi connectivity index (χ2v) is 8.41. The molecule has 0 bridgehead atoms. The molecule has 2 N–H and O–H groups in total. The number of anilines is 1. The van der Waals surface area contributed by atoms with Gasteiger partial charge in [-0.05, 0) is 37.1 Å². The van der Waals surface area contributed by atoms with Crippen LogP contribution in [0.4, 0.5) is 14.6 Å². The number of fused-ring (bicyclic) bond motifs is 1. The van der Waals surface area contributed by atoms with Gasteiger partial charge in [-0.25, -0.2) is 23.4 Å².